The lowest BCUT2D eigenvalue weighted by molar-refractivity contribution is 0.601. The highest BCUT2D eigenvalue weighted by molar-refractivity contribution is 14.0. The number of sulfone groups is 1. The van der Waals surface area contributed by atoms with E-state index in [4.69, 9.17) is 0 Å². The predicted octanol–water partition coefficient (Wildman–Crippen LogP) is 2.43. The number of halogens is 1. The van der Waals surface area contributed by atoms with Gasteiger partial charge in [0.15, 0.2) is 15.8 Å². The van der Waals surface area contributed by atoms with Gasteiger partial charge >= 0.3 is 0 Å². The van der Waals surface area contributed by atoms with Gasteiger partial charge in [0, 0.05) is 25.1 Å². The van der Waals surface area contributed by atoms with E-state index in [9.17, 15) is 8.42 Å². The Morgan fingerprint density at radius 1 is 1.30 bits per heavy atom. The highest BCUT2D eigenvalue weighted by atomic mass is 127. The maximum atomic E-state index is 11.6. The molecule has 0 aliphatic carbocycles. The van der Waals surface area contributed by atoms with Crippen molar-refractivity contribution < 1.29 is 8.42 Å². The maximum Gasteiger partial charge on any atom is 0.191 e. The SMILES string of the molecule is CCNC(=NCc1ccc(S(C)(=O)=O)c(C)c1)NCCSC.I. The molecule has 0 radical (unpaired) electrons. The Morgan fingerprint density at radius 2 is 2.00 bits per heavy atom. The lowest BCUT2D eigenvalue weighted by Gasteiger charge is -2.11. The maximum absolute atomic E-state index is 11.6. The van der Waals surface area contributed by atoms with E-state index in [0.29, 0.717) is 11.4 Å². The molecule has 0 aromatic heterocycles. The Balaban J connectivity index is 0.00000484. The molecule has 8 heteroatoms. The van der Waals surface area contributed by atoms with Crippen molar-refractivity contribution in [2.45, 2.75) is 25.3 Å². The van der Waals surface area contributed by atoms with Gasteiger partial charge in [0.1, 0.15) is 0 Å². The number of hydrogen-bond donors (Lipinski definition) is 2. The summed E-state index contributed by atoms with van der Waals surface area (Å²) >= 11 is 1.78. The first-order chi connectivity index (χ1) is 10.4. The van der Waals surface area contributed by atoms with E-state index in [1.807, 2.05) is 26.0 Å². The third-order valence-electron chi connectivity index (χ3n) is 3.00. The van der Waals surface area contributed by atoms with Gasteiger partial charge in [0.05, 0.1) is 11.4 Å². The third kappa shape index (κ3) is 8.25. The second kappa shape index (κ2) is 11.1. The molecule has 0 saturated carbocycles. The van der Waals surface area contributed by atoms with Crippen molar-refractivity contribution in [1.82, 2.24) is 10.6 Å². The molecule has 0 amide bonds. The molecule has 0 unspecified atom stereocenters. The summed E-state index contributed by atoms with van der Waals surface area (Å²) in [5.41, 5.74) is 1.75. The van der Waals surface area contributed by atoms with Gasteiger partial charge < -0.3 is 10.6 Å². The summed E-state index contributed by atoms with van der Waals surface area (Å²) in [6.07, 6.45) is 3.30. The van der Waals surface area contributed by atoms with Crippen molar-refractivity contribution in [2.24, 2.45) is 4.99 Å². The van der Waals surface area contributed by atoms with Crippen LogP contribution in [0.15, 0.2) is 28.1 Å². The quantitative estimate of drug-likeness (QED) is 0.277. The summed E-state index contributed by atoms with van der Waals surface area (Å²) in [7, 11) is -3.17. The van der Waals surface area contributed by atoms with Gasteiger partial charge in [-0.25, -0.2) is 13.4 Å². The van der Waals surface area contributed by atoms with Crippen LogP contribution >= 0.6 is 35.7 Å². The molecule has 0 spiro atoms. The highest BCUT2D eigenvalue weighted by Gasteiger charge is 2.10. The number of rotatable bonds is 7. The minimum atomic E-state index is -3.17. The number of nitrogens with zero attached hydrogens (tertiary/aromatic N) is 1. The molecule has 5 nitrogen and oxygen atoms in total. The average molecular weight is 471 g/mol. The summed E-state index contributed by atoms with van der Waals surface area (Å²) in [6, 6.07) is 5.35. The van der Waals surface area contributed by atoms with Crippen LogP contribution in [0.3, 0.4) is 0 Å². The largest absolute Gasteiger partial charge is 0.357 e. The second-order valence-electron chi connectivity index (χ2n) is 4.99. The molecule has 0 aliphatic heterocycles. The van der Waals surface area contributed by atoms with Crippen molar-refractivity contribution in [3.63, 3.8) is 0 Å². The molecule has 1 rings (SSSR count). The summed E-state index contributed by atoms with van der Waals surface area (Å²) in [5, 5.41) is 6.46. The zero-order chi connectivity index (χ0) is 16.6. The monoisotopic (exact) mass is 471 g/mol. The number of guanidine groups is 1. The van der Waals surface area contributed by atoms with Gasteiger partial charge in [0.2, 0.25) is 0 Å². The van der Waals surface area contributed by atoms with Gasteiger partial charge in [-0.05, 0) is 37.3 Å². The fourth-order valence-corrected chi connectivity index (χ4v) is 3.27. The first kappa shape index (κ1) is 22.5. The molecule has 1 aromatic rings. The Hall–Kier alpha value is -0.480. The number of thioether (sulfide) groups is 1. The summed E-state index contributed by atoms with van der Waals surface area (Å²) < 4.78 is 23.2. The third-order valence-corrected chi connectivity index (χ3v) is 4.87. The van der Waals surface area contributed by atoms with Gasteiger partial charge in [-0.1, -0.05) is 12.1 Å². The standard InChI is InChI=1S/C15H25N3O2S2.HI/c1-5-16-15(17-8-9-21-3)18-11-13-6-7-14(12(2)10-13)22(4,19)20;/h6-7,10H,5,8-9,11H2,1-4H3,(H2,16,17,18);1H. The number of aliphatic imine (C=N–C) groups is 1. The van der Waals surface area contributed by atoms with E-state index in [1.54, 1.807) is 17.8 Å². The van der Waals surface area contributed by atoms with Crippen LogP contribution in [0.5, 0.6) is 0 Å². The molecule has 0 bridgehead atoms. The predicted molar refractivity (Wildman–Crippen MR) is 111 cm³/mol. The average Bonchev–Trinajstić information content (AvgIpc) is 2.43. The van der Waals surface area contributed by atoms with Crippen molar-refractivity contribution in [1.29, 1.82) is 0 Å². The molecule has 23 heavy (non-hydrogen) atoms. The number of aryl methyl sites for hydroxylation is 1. The fourth-order valence-electron chi connectivity index (χ4n) is 2.01. The first-order valence-electron chi connectivity index (χ1n) is 7.19. The molecule has 0 atom stereocenters. The summed E-state index contributed by atoms with van der Waals surface area (Å²) in [6.45, 7) is 6.01. The van der Waals surface area contributed by atoms with E-state index < -0.39 is 9.84 Å². The number of benzene rings is 1. The Labute approximate surface area is 161 Å². The van der Waals surface area contributed by atoms with Crippen LogP contribution in [-0.4, -0.2) is 45.7 Å². The van der Waals surface area contributed by atoms with Crippen LogP contribution in [0.1, 0.15) is 18.1 Å². The lowest BCUT2D eigenvalue weighted by atomic mass is 10.1. The second-order valence-corrected chi connectivity index (χ2v) is 7.96. The Morgan fingerprint density at radius 3 is 2.52 bits per heavy atom. The molecule has 132 valence electrons. The van der Waals surface area contributed by atoms with E-state index in [1.165, 1.54) is 6.26 Å². The van der Waals surface area contributed by atoms with Gasteiger partial charge in [0.25, 0.3) is 0 Å². The van der Waals surface area contributed by atoms with Crippen LogP contribution in [0, 0.1) is 6.92 Å². The van der Waals surface area contributed by atoms with E-state index in [0.717, 1.165) is 35.9 Å². The zero-order valence-corrected chi connectivity index (χ0v) is 18.0. The van der Waals surface area contributed by atoms with Crippen molar-refractivity contribution in [3.05, 3.63) is 29.3 Å². The topological polar surface area (TPSA) is 70.6 Å². The smallest absolute Gasteiger partial charge is 0.191 e. The normalized spacial score (nSPS) is 11.7. The highest BCUT2D eigenvalue weighted by Crippen LogP contribution is 2.17. The minimum absolute atomic E-state index is 0. The van der Waals surface area contributed by atoms with Crippen molar-refractivity contribution in [2.75, 3.05) is 31.4 Å². The minimum Gasteiger partial charge on any atom is -0.357 e. The van der Waals surface area contributed by atoms with E-state index in [2.05, 4.69) is 21.9 Å². The number of hydrogen-bond acceptors (Lipinski definition) is 4. The molecule has 0 aliphatic rings. The molecule has 0 fully saturated rings. The molecule has 0 heterocycles. The van der Waals surface area contributed by atoms with Crippen LogP contribution in [-0.2, 0) is 16.4 Å². The summed E-state index contributed by atoms with van der Waals surface area (Å²) in [4.78, 5) is 4.90. The Kier molecular flexibility index (Phi) is 10.9. The lowest BCUT2D eigenvalue weighted by Crippen LogP contribution is -2.38. The van der Waals surface area contributed by atoms with E-state index in [-0.39, 0.29) is 24.0 Å². The van der Waals surface area contributed by atoms with E-state index >= 15 is 0 Å². The zero-order valence-electron chi connectivity index (χ0n) is 14.0. The molecule has 0 saturated heterocycles. The molecule has 1 aromatic carbocycles. The summed E-state index contributed by atoms with van der Waals surface area (Å²) in [5.74, 6) is 1.80. The van der Waals surface area contributed by atoms with Gasteiger partial charge in [-0.2, -0.15) is 11.8 Å². The van der Waals surface area contributed by atoms with Crippen molar-refractivity contribution in [3.8, 4) is 0 Å². The van der Waals surface area contributed by atoms with Crippen LogP contribution in [0.4, 0.5) is 0 Å². The van der Waals surface area contributed by atoms with Crippen molar-refractivity contribution >= 4 is 51.5 Å². The molecular weight excluding hydrogens is 445 g/mol. The van der Waals surface area contributed by atoms with Crippen LogP contribution in [0.25, 0.3) is 0 Å². The number of nitrogens with one attached hydrogen (secondary N) is 2. The molecular formula is C15H26IN3O2S2. The Bertz CT molecular complexity index is 619. The van der Waals surface area contributed by atoms with Gasteiger partial charge in [-0.15, -0.1) is 24.0 Å². The van der Waals surface area contributed by atoms with Gasteiger partial charge in [-0.3, -0.25) is 0 Å². The van der Waals surface area contributed by atoms with Crippen LogP contribution in [0.2, 0.25) is 0 Å². The fraction of sp³-hybridized carbons (Fsp3) is 0.533. The van der Waals surface area contributed by atoms with Crippen LogP contribution < -0.4 is 10.6 Å². The molecule has 2 N–H and O–H groups in total. The first-order valence-corrected chi connectivity index (χ1v) is 10.5.